The summed E-state index contributed by atoms with van der Waals surface area (Å²) in [4.78, 5) is 18.7. The number of carbonyl (C=O) groups excluding carboxylic acids is 1. The molecule has 0 N–H and O–H groups in total. The number of nitrogens with zero attached hydrogens (tertiary/aromatic N) is 3. The van der Waals surface area contributed by atoms with Crippen molar-refractivity contribution in [2.24, 2.45) is 0 Å². The molecule has 0 aliphatic carbocycles. The third-order valence-corrected chi connectivity index (χ3v) is 4.57. The zero-order valence-corrected chi connectivity index (χ0v) is 14.8. The zero-order chi connectivity index (χ0) is 17.4. The van der Waals surface area contributed by atoms with Gasteiger partial charge in [-0.1, -0.05) is 18.2 Å². The maximum atomic E-state index is 12.5. The third kappa shape index (κ3) is 5.39. The van der Waals surface area contributed by atoms with E-state index < -0.39 is 0 Å². The minimum absolute atomic E-state index is 0.120. The SMILES string of the molecule is CC(C)N(Cc1ccccn1)C(=O)CSCc1ccc(C#N)cc1. The van der Waals surface area contributed by atoms with E-state index in [1.165, 1.54) is 0 Å². The molecule has 0 aliphatic heterocycles. The van der Waals surface area contributed by atoms with E-state index in [0.717, 1.165) is 17.0 Å². The number of hydrogen-bond donors (Lipinski definition) is 0. The highest BCUT2D eigenvalue weighted by molar-refractivity contribution is 7.99. The second-order valence-corrected chi connectivity index (χ2v) is 6.72. The van der Waals surface area contributed by atoms with E-state index in [-0.39, 0.29) is 11.9 Å². The number of hydrogen-bond acceptors (Lipinski definition) is 4. The van der Waals surface area contributed by atoms with E-state index in [2.05, 4.69) is 11.1 Å². The van der Waals surface area contributed by atoms with Crippen LogP contribution >= 0.6 is 11.8 Å². The van der Waals surface area contributed by atoms with Crippen LogP contribution in [0, 0.1) is 11.3 Å². The molecule has 0 fully saturated rings. The molecule has 0 aliphatic rings. The van der Waals surface area contributed by atoms with Crippen LogP contribution in [0.1, 0.15) is 30.7 Å². The van der Waals surface area contributed by atoms with Crippen molar-refractivity contribution in [3.63, 3.8) is 0 Å². The molecule has 0 spiro atoms. The largest absolute Gasteiger partial charge is 0.334 e. The summed E-state index contributed by atoms with van der Waals surface area (Å²) in [5, 5.41) is 8.80. The van der Waals surface area contributed by atoms with Crippen molar-refractivity contribution in [3.8, 4) is 6.07 Å². The molecule has 124 valence electrons. The number of carbonyl (C=O) groups is 1. The Morgan fingerprint density at radius 1 is 1.25 bits per heavy atom. The van der Waals surface area contributed by atoms with E-state index in [9.17, 15) is 4.79 Å². The van der Waals surface area contributed by atoms with Crippen LogP contribution in [0.3, 0.4) is 0 Å². The van der Waals surface area contributed by atoms with E-state index >= 15 is 0 Å². The lowest BCUT2D eigenvalue weighted by atomic mass is 10.2. The Morgan fingerprint density at radius 2 is 2.00 bits per heavy atom. The summed E-state index contributed by atoms with van der Waals surface area (Å²) in [6.07, 6.45) is 1.75. The molecule has 0 saturated heterocycles. The van der Waals surface area contributed by atoms with Gasteiger partial charge >= 0.3 is 0 Å². The van der Waals surface area contributed by atoms with Crippen LogP contribution in [0.5, 0.6) is 0 Å². The standard InChI is InChI=1S/C19H21N3OS/c1-15(2)22(12-18-5-3-4-10-21-18)19(23)14-24-13-17-8-6-16(11-20)7-9-17/h3-10,15H,12-14H2,1-2H3. The van der Waals surface area contributed by atoms with Gasteiger partial charge in [0, 0.05) is 18.0 Å². The van der Waals surface area contributed by atoms with Gasteiger partial charge < -0.3 is 4.90 Å². The van der Waals surface area contributed by atoms with E-state index in [1.54, 1.807) is 30.1 Å². The molecule has 2 aromatic rings. The van der Waals surface area contributed by atoms with Crippen molar-refractivity contribution in [3.05, 3.63) is 65.5 Å². The Kier molecular flexibility index (Phi) is 6.83. The molecule has 1 aromatic carbocycles. The molecule has 5 heteroatoms. The van der Waals surface area contributed by atoms with Crippen molar-refractivity contribution in [1.29, 1.82) is 5.26 Å². The highest BCUT2D eigenvalue weighted by Crippen LogP contribution is 2.15. The van der Waals surface area contributed by atoms with Crippen LogP contribution in [0.25, 0.3) is 0 Å². The summed E-state index contributed by atoms with van der Waals surface area (Å²) in [6.45, 7) is 4.58. The van der Waals surface area contributed by atoms with Crippen LogP contribution in [-0.2, 0) is 17.1 Å². The first kappa shape index (κ1) is 18.0. The van der Waals surface area contributed by atoms with Crippen molar-refractivity contribution in [2.45, 2.75) is 32.2 Å². The number of thioether (sulfide) groups is 1. The van der Waals surface area contributed by atoms with Gasteiger partial charge in [-0.2, -0.15) is 5.26 Å². The molecule has 0 saturated carbocycles. The molecule has 1 aromatic heterocycles. The molecular weight excluding hydrogens is 318 g/mol. The second kappa shape index (κ2) is 9.09. The average molecular weight is 339 g/mol. The topological polar surface area (TPSA) is 57.0 Å². The maximum absolute atomic E-state index is 12.5. The average Bonchev–Trinajstić information content (AvgIpc) is 2.60. The van der Waals surface area contributed by atoms with E-state index in [1.807, 2.05) is 49.1 Å². The Labute approximate surface area is 147 Å². The molecule has 0 atom stereocenters. The first-order valence-electron chi connectivity index (χ1n) is 7.86. The molecule has 0 bridgehead atoms. The van der Waals surface area contributed by atoms with E-state index in [0.29, 0.717) is 17.9 Å². The fourth-order valence-corrected chi connectivity index (χ4v) is 3.11. The van der Waals surface area contributed by atoms with Crippen molar-refractivity contribution >= 4 is 17.7 Å². The molecule has 1 amide bonds. The van der Waals surface area contributed by atoms with Crippen molar-refractivity contribution < 1.29 is 4.79 Å². The van der Waals surface area contributed by atoms with Crippen LogP contribution in [0.4, 0.5) is 0 Å². The predicted molar refractivity (Wildman–Crippen MR) is 97.2 cm³/mol. The lowest BCUT2D eigenvalue weighted by molar-refractivity contribution is -0.130. The quantitative estimate of drug-likeness (QED) is 0.773. The fourth-order valence-electron chi connectivity index (χ4n) is 2.24. The Morgan fingerprint density at radius 3 is 2.58 bits per heavy atom. The molecule has 24 heavy (non-hydrogen) atoms. The van der Waals surface area contributed by atoms with Gasteiger partial charge in [-0.05, 0) is 43.7 Å². The van der Waals surface area contributed by atoms with Crippen LogP contribution in [0.2, 0.25) is 0 Å². The van der Waals surface area contributed by atoms with Gasteiger partial charge in [0.05, 0.1) is 29.6 Å². The van der Waals surface area contributed by atoms with Crippen LogP contribution in [-0.4, -0.2) is 27.6 Å². The summed E-state index contributed by atoms with van der Waals surface area (Å²) in [7, 11) is 0. The summed E-state index contributed by atoms with van der Waals surface area (Å²) in [5.74, 6) is 1.31. The molecule has 1 heterocycles. The summed E-state index contributed by atoms with van der Waals surface area (Å²) in [5.41, 5.74) is 2.67. The van der Waals surface area contributed by atoms with Gasteiger partial charge in [-0.3, -0.25) is 9.78 Å². The highest BCUT2D eigenvalue weighted by Gasteiger charge is 2.17. The zero-order valence-electron chi connectivity index (χ0n) is 14.0. The van der Waals surface area contributed by atoms with Gasteiger partial charge in [0.15, 0.2) is 0 Å². The smallest absolute Gasteiger partial charge is 0.233 e. The molecule has 4 nitrogen and oxygen atoms in total. The number of nitriles is 1. The number of pyridine rings is 1. The summed E-state index contributed by atoms with van der Waals surface area (Å²) in [6, 6.07) is 15.5. The number of rotatable bonds is 7. The van der Waals surface area contributed by atoms with Gasteiger partial charge in [-0.15, -0.1) is 11.8 Å². The third-order valence-electron chi connectivity index (χ3n) is 3.58. The Balaban J connectivity index is 1.87. The van der Waals surface area contributed by atoms with Crippen LogP contribution < -0.4 is 0 Å². The Bertz CT molecular complexity index is 693. The van der Waals surface area contributed by atoms with Crippen LogP contribution in [0.15, 0.2) is 48.7 Å². The predicted octanol–water partition coefficient (Wildman–Crippen LogP) is 3.62. The molecule has 2 rings (SSSR count). The van der Waals surface area contributed by atoms with Crippen molar-refractivity contribution in [2.75, 3.05) is 5.75 Å². The summed E-state index contributed by atoms with van der Waals surface area (Å²) < 4.78 is 0. The molecular formula is C19H21N3OS. The lowest BCUT2D eigenvalue weighted by Crippen LogP contribution is -2.37. The monoisotopic (exact) mass is 339 g/mol. The van der Waals surface area contributed by atoms with Gasteiger partial charge in [-0.25, -0.2) is 0 Å². The first-order valence-corrected chi connectivity index (χ1v) is 9.02. The van der Waals surface area contributed by atoms with E-state index in [4.69, 9.17) is 5.26 Å². The minimum atomic E-state index is 0.120. The minimum Gasteiger partial charge on any atom is -0.334 e. The number of benzene rings is 1. The van der Waals surface area contributed by atoms with Gasteiger partial charge in [0.1, 0.15) is 0 Å². The fraction of sp³-hybridized carbons (Fsp3) is 0.316. The lowest BCUT2D eigenvalue weighted by Gasteiger charge is -2.26. The number of amides is 1. The summed E-state index contributed by atoms with van der Waals surface area (Å²) >= 11 is 1.59. The number of aromatic nitrogens is 1. The molecule has 0 radical (unpaired) electrons. The van der Waals surface area contributed by atoms with Crippen molar-refractivity contribution in [1.82, 2.24) is 9.88 Å². The van der Waals surface area contributed by atoms with Gasteiger partial charge in [0.2, 0.25) is 5.91 Å². The Hall–Kier alpha value is -2.32. The normalized spacial score (nSPS) is 10.4. The molecule has 0 unspecified atom stereocenters. The maximum Gasteiger partial charge on any atom is 0.233 e. The second-order valence-electron chi connectivity index (χ2n) is 5.74. The highest BCUT2D eigenvalue weighted by atomic mass is 32.2. The first-order chi connectivity index (χ1) is 11.6. The van der Waals surface area contributed by atoms with Gasteiger partial charge in [0.25, 0.3) is 0 Å².